The van der Waals surface area contributed by atoms with E-state index in [1.54, 1.807) is 24.3 Å². The molecule has 5 heteroatoms. The highest BCUT2D eigenvalue weighted by Gasteiger charge is 2.29. The van der Waals surface area contributed by atoms with Gasteiger partial charge in [-0.05, 0) is 49.4 Å². The van der Waals surface area contributed by atoms with Gasteiger partial charge in [0.05, 0.1) is 6.04 Å². The smallest absolute Gasteiger partial charge is 0.241 e. The van der Waals surface area contributed by atoms with Crippen LogP contribution in [0.15, 0.2) is 24.3 Å². The maximum atomic E-state index is 11.9. The molecule has 1 atom stereocenters. The summed E-state index contributed by atoms with van der Waals surface area (Å²) in [6, 6.07) is 6.60. The molecule has 0 unspecified atom stereocenters. The van der Waals surface area contributed by atoms with Crippen LogP contribution in [0.1, 0.15) is 33.1 Å². The van der Waals surface area contributed by atoms with E-state index in [9.17, 15) is 9.59 Å². The summed E-state index contributed by atoms with van der Waals surface area (Å²) >= 11 is 0. The molecule has 114 valence electrons. The van der Waals surface area contributed by atoms with E-state index in [0.717, 1.165) is 18.5 Å². The van der Waals surface area contributed by atoms with E-state index < -0.39 is 6.04 Å². The molecule has 0 heterocycles. The second kappa shape index (κ2) is 6.72. The molecule has 0 bridgehead atoms. The lowest BCUT2D eigenvalue weighted by Gasteiger charge is -2.14. The Morgan fingerprint density at radius 1 is 1.14 bits per heavy atom. The summed E-state index contributed by atoms with van der Waals surface area (Å²) < 4.78 is 0. The molecule has 2 rings (SSSR count). The second-order valence-corrected chi connectivity index (χ2v) is 6.07. The molecule has 1 aliphatic rings. The molecule has 0 aliphatic heterocycles. The molecule has 1 aliphatic carbocycles. The third-order valence-corrected chi connectivity index (χ3v) is 3.43. The molecule has 0 aromatic heterocycles. The van der Waals surface area contributed by atoms with E-state index >= 15 is 0 Å². The van der Waals surface area contributed by atoms with Crippen LogP contribution in [0.5, 0.6) is 0 Å². The van der Waals surface area contributed by atoms with Crippen LogP contribution in [0.3, 0.4) is 0 Å². The van der Waals surface area contributed by atoms with Gasteiger partial charge in [-0.15, -0.1) is 0 Å². The number of amides is 2. The molecule has 5 nitrogen and oxygen atoms in total. The van der Waals surface area contributed by atoms with Crippen LogP contribution in [0.4, 0.5) is 11.4 Å². The zero-order chi connectivity index (χ0) is 15.4. The van der Waals surface area contributed by atoms with Gasteiger partial charge in [0, 0.05) is 17.3 Å². The minimum Gasteiger partial charge on any atom is -0.326 e. The number of rotatable bonds is 6. The van der Waals surface area contributed by atoms with Gasteiger partial charge in [0.2, 0.25) is 11.8 Å². The van der Waals surface area contributed by atoms with Crippen LogP contribution in [0.2, 0.25) is 0 Å². The monoisotopic (exact) mass is 289 g/mol. The Hall–Kier alpha value is -1.88. The number of hydrogen-bond donors (Lipinski definition) is 3. The summed E-state index contributed by atoms with van der Waals surface area (Å²) in [5.41, 5.74) is 7.26. The van der Waals surface area contributed by atoms with Crippen molar-refractivity contribution in [3.05, 3.63) is 24.3 Å². The quantitative estimate of drug-likeness (QED) is 0.751. The van der Waals surface area contributed by atoms with E-state index in [1.807, 2.05) is 13.8 Å². The van der Waals surface area contributed by atoms with Gasteiger partial charge in [0.25, 0.3) is 0 Å². The van der Waals surface area contributed by atoms with Gasteiger partial charge >= 0.3 is 0 Å². The van der Waals surface area contributed by atoms with E-state index in [-0.39, 0.29) is 17.7 Å². The van der Waals surface area contributed by atoms with Crippen LogP contribution in [-0.2, 0) is 9.59 Å². The lowest BCUT2D eigenvalue weighted by atomic mass is 10.0. The first-order chi connectivity index (χ1) is 9.95. The molecule has 0 spiro atoms. The molecular formula is C16H23N3O2. The van der Waals surface area contributed by atoms with Gasteiger partial charge in [0.15, 0.2) is 0 Å². The molecule has 21 heavy (non-hydrogen) atoms. The van der Waals surface area contributed by atoms with Crippen molar-refractivity contribution in [2.24, 2.45) is 17.6 Å². The number of carbonyl (C=O) groups is 2. The van der Waals surface area contributed by atoms with Crippen molar-refractivity contribution < 1.29 is 9.59 Å². The van der Waals surface area contributed by atoms with Crippen molar-refractivity contribution in [1.82, 2.24) is 0 Å². The Morgan fingerprint density at radius 2 is 1.67 bits per heavy atom. The van der Waals surface area contributed by atoms with E-state index in [0.29, 0.717) is 18.0 Å². The Balaban J connectivity index is 1.86. The Kier molecular flexibility index (Phi) is 4.96. The highest BCUT2D eigenvalue weighted by atomic mass is 16.2. The van der Waals surface area contributed by atoms with E-state index in [1.165, 1.54) is 0 Å². The average molecular weight is 289 g/mol. The van der Waals surface area contributed by atoms with Crippen LogP contribution in [0, 0.1) is 11.8 Å². The van der Waals surface area contributed by atoms with Crippen LogP contribution >= 0.6 is 0 Å². The van der Waals surface area contributed by atoms with Crippen molar-refractivity contribution in [2.75, 3.05) is 10.6 Å². The second-order valence-electron chi connectivity index (χ2n) is 6.07. The highest BCUT2D eigenvalue weighted by Crippen LogP contribution is 2.30. The summed E-state index contributed by atoms with van der Waals surface area (Å²) in [6.45, 7) is 4.06. The number of carbonyl (C=O) groups excluding carboxylic acids is 2. The third-order valence-electron chi connectivity index (χ3n) is 3.43. The normalized spacial score (nSPS) is 15.6. The molecule has 0 radical (unpaired) electrons. The van der Waals surface area contributed by atoms with Crippen LogP contribution in [-0.4, -0.2) is 17.9 Å². The number of benzene rings is 1. The molecule has 2 amide bonds. The largest absolute Gasteiger partial charge is 0.326 e. The zero-order valence-corrected chi connectivity index (χ0v) is 12.6. The van der Waals surface area contributed by atoms with Gasteiger partial charge in [-0.3, -0.25) is 9.59 Å². The van der Waals surface area contributed by atoms with Gasteiger partial charge in [-0.2, -0.15) is 0 Å². The number of nitrogens with one attached hydrogen (secondary N) is 2. The number of hydrogen-bond acceptors (Lipinski definition) is 3. The average Bonchev–Trinajstić information content (AvgIpc) is 3.24. The molecule has 1 fully saturated rings. The third kappa shape index (κ3) is 4.86. The van der Waals surface area contributed by atoms with Crippen molar-refractivity contribution >= 4 is 23.2 Å². The summed E-state index contributed by atoms with van der Waals surface area (Å²) in [4.78, 5) is 23.5. The first kappa shape index (κ1) is 15.5. The molecule has 1 aromatic carbocycles. The fourth-order valence-corrected chi connectivity index (χ4v) is 2.08. The summed E-state index contributed by atoms with van der Waals surface area (Å²) in [7, 11) is 0. The minimum atomic E-state index is -0.501. The zero-order valence-electron chi connectivity index (χ0n) is 12.6. The first-order valence-electron chi connectivity index (χ1n) is 7.43. The summed E-state index contributed by atoms with van der Waals surface area (Å²) in [5, 5.41) is 5.64. The Morgan fingerprint density at radius 3 is 2.14 bits per heavy atom. The predicted molar refractivity (Wildman–Crippen MR) is 83.9 cm³/mol. The van der Waals surface area contributed by atoms with Gasteiger partial charge < -0.3 is 16.4 Å². The maximum absolute atomic E-state index is 11.9. The van der Waals surface area contributed by atoms with Gasteiger partial charge in [-0.1, -0.05) is 13.8 Å². The van der Waals surface area contributed by atoms with Crippen molar-refractivity contribution in [3.63, 3.8) is 0 Å². The number of nitrogens with two attached hydrogens (primary N) is 1. The highest BCUT2D eigenvalue weighted by molar-refractivity contribution is 5.96. The first-order valence-corrected chi connectivity index (χ1v) is 7.43. The van der Waals surface area contributed by atoms with E-state index in [4.69, 9.17) is 5.73 Å². The van der Waals surface area contributed by atoms with Crippen LogP contribution in [0.25, 0.3) is 0 Å². The Bertz CT molecular complexity index is 507. The molecule has 1 saturated carbocycles. The van der Waals surface area contributed by atoms with Gasteiger partial charge in [0.1, 0.15) is 0 Å². The van der Waals surface area contributed by atoms with Gasteiger partial charge in [-0.25, -0.2) is 0 Å². The minimum absolute atomic E-state index is 0.0748. The lowest BCUT2D eigenvalue weighted by Crippen LogP contribution is -2.36. The molecule has 4 N–H and O–H groups in total. The predicted octanol–water partition coefficient (Wildman–Crippen LogP) is 2.35. The van der Waals surface area contributed by atoms with Crippen LogP contribution < -0.4 is 16.4 Å². The molecular weight excluding hydrogens is 266 g/mol. The van der Waals surface area contributed by atoms with Crippen molar-refractivity contribution in [1.29, 1.82) is 0 Å². The Labute approximate surface area is 125 Å². The van der Waals surface area contributed by atoms with Crippen molar-refractivity contribution in [3.8, 4) is 0 Å². The number of anilines is 2. The molecule has 0 saturated heterocycles. The fraction of sp³-hybridized carbons (Fsp3) is 0.500. The SMILES string of the molecule is CC(C)C[C@H](N)C(=O)Nc1ccc(NC(=O)C2CC2)cc1. The van der Waals surface area contributed by atoms with Crippen molar-refractivity contribution in [2.45, 2.75) is 39.2 Å². The molecule has 1 aromatic rings. The summed E-state index contributed by atoms with van der Waals surface area (Å²) in [6.07, 6.45) is 2.61. The fourth-order valence-electron chi connectivity index (χ4n) is 2.08. The maximum Gasteiger partial charge on any atom is 0.241 e. The van der Waals surface area contributed by atoms with E-state index in [2.05, 4.69) is 10.6 Å². The standard InChI is InChI=1S/C16H23N3O2/c1-10(2)9-14(17)16(21)19-13-7-5-12(6-8-13)18-15(20)11-3-4-11/h5-8,10-11,14H,3-4,9,17H2,1-2H3,(H,18,20)(H,19,21)/t14-/m0/s1. The lowest BCUT2D eigenvalue weighted by molar-refractivity contribution is -0.118. The summed E-state index contributed by atoms with van der Waals surface area (Å²) in [5.74, 6) is 0.452. The topological polar surface area (TPSA) is 84.2 Å².